The number of aromatic amines is 1. The largest absolute Gasteiger partial charge is 0.456 e. The van der Waals surface area contributed by atoms with Gasteiger partial charge in [0.15, 0.2) is 0 Å². The maximum Gasteiger partial charge on any atom is 0.303 e. The van der Waals surface area contributed by atoms with Crippen molar-refractivity contribution in [1.82, 2.24) is 9.88 Å². The predicted octanol–water partition coefficient (Wildman–Crippen LogP) is 5.13. The van der Waals surface area contributed by atoms with E-state index in [1.165, 1.54) is 6.92 Å². The first-order valence-electron chi connectivity index (χ1n) is 11.8. The van der Waals surface area contributed by atoms with Gasteiger partial charge in [-0.05, 0) is 41.8 Å². The second-order valence-electron chi connectivity index (χ2n) is 9.13. The van der Waals surface area contributed by atoms with Crippen molar-refractivity contribution in [3.8, 4) is 0 Å². The smallest absolute Gasteiger partial charge is 0.303 e. The Hall–Kier alpha value is -3.12. The number of piperidine rings is 1. The number of hydrogen-bond donors (Lipinski definition) is 1. The zero-order chi connectivity index (χ0) is 22.9. The van der Waals surface area contributed by atoms with E-state index in [2.05, 4.69) is 24.0 Å². The first-order valence-corrected chi connectivity index (χ1v) is 11.8. The van der Waals surface area contributed by atoms with Crippen molar-refractivity contribution in [2.45, 2.75) is 51.5 Å². The number of ether oxygens (including phenoxy) is 2. The number of aromatic nitrogens is 1. The lowest BCUT2D eigenvalue weighted by molar-refractivity contribution is -0.157. The Morgan fingerprint density at radius 2 is 1.94 bits per heavy atom. The zero-order valence-corrected chi connectivity index (χ0v) is 19.1. The molecule has 1 aromatic heterocycles. The fraction of sp³-hybridized carbons (Fsp3) is 0.407. The van der Waals surface area contributed by atoms with Crippen LogP contribution in [0.2, 0.25) is 0 Å². The van der Waals surface area contributed by atoms with Crippen LogP contribution < -0.4 is 0 Å². The maximum absolute atomic E-state index is 13.3. The van der Waals surface area contributed by atoms with Crippen LogP contribution in [0.4, 0.5) is 0 Å². The van der Waals surface area contributed by atoms with E-state index in [4.69, 9.17) is 9.47 Å². The van der Waals surface area contributed by atoms with E-state index in [1.54, 1.807) is 0 Å². The molecule has 172 valence electrons. The summed E-state index contributed by atoms with van der Waals surface area (Å²) in [5.74, 6) is 0.0314. The number of carbonyl (C=O) groups is 2. The van der Waals surface area contributed by atoms with Gasteiger partial charge in [-0.1, -0.05) is 55.5 Å². The van der Waals surface area contributed by atoms with Crippen LogP contribution in [-0.2, 0) is 19.1 Å². The summed E-state index contributed by atoms with van der Waals surface area (Å²) in [6, 6.07) is 20.1. The minimum atomic E-state index is -0.431. The third-order valence-corrected chi connectivity index (χ3v) is 7.11. The summed E-state index contributed by atoms with van der Waals surface area (Å²) in [7, 11) is 0. The van der Waals surface area contributed by atoms with Gasteiger partial charge in [0, 0.05) is 24.8 Å². The molecule has 0 radical (unpaired) electrons. The molecule has 2 fully saturated rings. The molecular formula is C27H30N2O4. The van der Waals surface area contributed by atoms with E-state index >= 15 is 0 Å². The standard InChI is InChI=1S/C27H30N2O4/c1-3-21-20(14-25(33-17(2)30)23-13-19-11-7-8-12-22(19)28-23)15-26(31)29-24(16-32-27(21)29)18-9-5-4-6-10-18/h4-13,20-21,24-25,27-28H,3,14-16H2,1-2H3/t20-,21-,24-,25-,27+/m0/s1. The van der Waals surface area contributed by atoms with Crippen LogP contribution in [0.1, 0.15) is 56.5 Å². The number of rotatable bonds is 6. The Morgan fingerprint density at radius 3 is 2.67 bits per heavy atom. The highest BCUT2D eigenvalue weighted by atomic mass is 16.5. The van der Waals surface area contributed by atoms with Gasteiger partial charge in [0.2, 0.25) is 5.91 Å². The van der Waals surface area contributed by atoms with Gasteiger partial charge in [-0.25, -0.2) is 0 Å². The second kappa shape index (κ2) is 9.02. The summed E-state index contributed by atoms with van der Waals surface area (Å²) in [5, 5.41) is 1.08. The summed E-state index contributed by atoms with van der Waals surface area (Å²) in [4.78, 5) is 30.6. The van der Waals surface area contributed by atoms with Gasteiger partial charge in [0.1, 0.15) is 12.3 Å². The lowest BCUT2D eigenvalue weighted by atomic mass is 9.78. The Kier molecular flexibility index (Phi) is 5.94. The Labute approximate surface area is 193 Å². The first-order chi connectivity index (χ1) is 16.0. The fourth-order valence-electron chi connectivity index (χ4n) is 5.60. The predicted molar refractivity (Wildman–Crippen MR) is 125 cm³/mol. The van der Waals surface area contributed by atoms with Crippen molar-refractivity contribution in [3.05, 3.63) is 71.9 Å². The second-order valence-corrected chi connectivity index (χ2v) is 9.13. The summed E-state index contributed by atoms with van der Waals surface area (Å²) in [5.41, 5.74) is 2.98. The van der Waals surface area contributed by atoms with Gasteiger partial charge in [-0.2, -0.15) is 0 Å². The summed E-state index contributed by atoms with van der Waals surface area (Å²) in [6.45, 7) is 4.10. The first kappa shape index (κ1) is 21.7. The van der Waals surface area contributed by atoms with Crippen LogP contribution in [0.25, 0.3) is 10.9 Å². The number of nitrogens with zero attached hydrogens (tertiary/aromatic N) is 1. The molecule has 0 aliphatic carbocycles. The van der Waals surface area contributed by atoms with E-state index in [1.807, 2.05) is 53.4 Å². The van der Waals surface area contributed by atoms with Crippen molar-refractivity contribution in [2.75, 3.05) is 6.61 Å². The molecule has 5 rings (SSSR count). The average Bonchev–Trinajstić information content (AvgIpc) is 3.44. The number of para-hydroxylation sites is 1. The van der Waals surface area contributed by atoms with Crippen LogP contribution in [0, 0.1) is 11.8 Å². The molecule has 2 aliphatic heterocycles. The van der Waals surface area contributed by atoms with E-state index < -0.39 is 6.10 Å². The van der Waals surface area contributed by atoms with E-state index in [9.17, 15) is 9.59 Å². The third kappa shape index (κ3) is 4.15. The van der Waals surface area contributed by atoms with Crippen LogP contribution in [0.15, 0.2) is 60.7 Å². The molecule has 2 aromatic carbocycles. The molecule has 2 aliphatic rings. The minimum Gasteiger partial charge on any atom is -0.456 e. The number of carbonyl (C=O) groups excluding carboxylic acids is 2. The molecule has 0 spiro atoms. The van der Waals surface area contributed by atoms with Crippen molar-refractivity contribution in [1.29, 1.82) is 0 Å². The van der Waals surface area contributed by atoms with Crippen LogP contribution in [0.5, 0.6) is 0 Å². The highest BCUT2D eigenvalue weighted by Gasteiger charge is 2.49. The van der Waals surface area contributed by atoms with E-state index in [0.29, 0.717) is 19.4 Å². The third-order valence-electron chi connectivity index (χ3n) is 7.11. The summed E-state index contributed by atoms with van der Waals surface area (Å²) < 4.78 is 12.0. The topological polar surface area (TPSA) is 71.6 Å². The quantitative estimate of drug-likeness (QED) is 0.533. The molecule has 5 atom stereocenters. The number of amides is 1. The number of benzene rings is 2. The molecule has 1 N–H and O–H groups in total. The molecule has 3 aromatic rings. The molecule has 33 heavy (non-hydrogen) atoms. The molecule has 2 saturated heterocycles. The maximum atomic E-state index is 13.3. The van der Waals surface area contributed by atoms with Crippen LogP contribution in [-0.4, -0.2) is 34.6 Å². The van der Waals surface area contributed by atoms with Crippen LogP contribution >= 0.6 is 0 Å². The van der Waals surface area contributed by atoms with Crippen molar-refractivity contribution in [2.24, 2.45) is 11.8 Å². The number of hydrogen-bond acceptors (Lipinski definition) is 4. The van der Waals surface area contributed by atoms with Crippen molar-refractivity contribution >= 4 is 22.8 Å². The summed E-state index contributed by atoms with van der Waals surface area (Å²) >= 11 is 0. The molecular weight excluding hydrogens is 416 g/mol. The van der Waals surface area contributed by atoms with Gasteiger partial charge in [-0.15, -0.1) is 0 Å². The summed E-state index contributed by atoms with van der Waals surface area (Å²) in [6.07, 6.45) is 1.23. The van der Waals surface area contributed by atoms with Gasteiger partial charge < -0.3 is 19.4 Å². The molecule has 0 bridgehead atoms. The molecule has 3 heterocycles. The SMILES string of the molecule is CC[C@H]1[C@@H](C[C@H](OC(C)=O)c2cc3ccccc3[nH]2)CC(=O)N2[C@@H]1OC[C@H]2c1ccccc1. The number of nitrogens with one attached hydrogen (secondary N) is 1. The highest BCUT2D eigenvalue weighted by molar-refractivity contribution is 5.80. The highest BCUT2D eigenvalue weighted by Crippen LogP contribution is 2.45. The van der Waals surface area contributed by atoms with Crippen LogP contribution in [0.3, 0.4) is 0 Å². The van der Waals surface area contributed by atoms with Gasteiger partial charge >= 0.3 is 5.97 Å². The minimum absolute atomic E-state index is 0.0447. The van der Waals surface area contributed by atoms with E-state index in [-0.39, 0.29) is 36.0 Å². The zero-order valence-electron chi connectivity index (χ0n) is 19.1. The Morgan fingerprint density at radius 1 is 1.18 bits per heavy atom. The van der Waals surface area contributed by atoms with Gasteiger partial charge in [0.05, 0.1) is 18.3 Å². The monoisotopic (exact) mass is 446 g/mol. The normalized spacial score (nSPS) is 25.8. The average molecular weight is 447 g/mol. The molecule has 0 unspecified atom stereocenters. The van der Waals surface area contributed by atoms with Crippen molar-refractivity contribution < 1.29 is 19.1 Å². The molecule has 6 nitrogen and oxygen atoms in total. The number of fused-ring (bicyclic) bond motifs is 2. The Bertz CT molecular complexity index is 1110. The lowest BCUT2D eigenvalue weighted by Gasteiger charge is -2.42. The Balaban J connectivity index is 1.40. The van der Waals surface area contributed by atoms with Gasteiger partial charge in [-0.3, -0.25) is 9.59 Å². The van der Waals surface area contributed by atoms with Gasteiger partial charge in [0.25, 0.3) is 0 Å². The molecule has 6 heteroatoms. The fourth-order valence-corrected chi connectivity index (χ4v) is 5.60. The van der Waals surface area contributed by atoms with Crippen molar-refractivity contribution in [3.63, 3.8) is 0 Å². The lowest BCUT2D eigenvalue weighted by Crippen LogP contribution is -2.50. The molecule has 1 amide bonds. The number of esters is 1. The molecule has 0 saturated carbocycles. The van der Waals surface area contributed by atoms with E-state index in [0.717, 1.165) is 28.6 Å². The number of H-pyrrole nitrogens is 1.